The highest BCUT2D eigenvalue weighted by atomic mass is 35.5. The van der Waals surface area contributed by atoms with Gasteiger partial charge in [0.2, 0.25) is 5.91 Å². The fourth-order valence-electron chi connectivity index (χ4n) is 3.14. The minimum atomic E-state index is -1.31. The normalized spacial score (nSPS) is 19.3. The van der Waals surface area contributed by atoms with Crippen molar-refractivity contribution >= 4 is 23.4 Å². The van der Waals surface area contributed by atoms with Gasteiger partial charge in [-0.3, -0.25) is 14.5 Å². The topological polar surface area (TPSA) is 98.9 Å². The van der Waals surface area contributed by atoms with Crippen LogP contribution in [0.5, 0.6) is 0 Å². The zero-order chi connectivity index (χ0) is 21.1. The first kappa shape index (κ1) is 22.8. The zero-order valence-electron chi connectivity index (χ0n) is 17.0. The standard InChI is InChI=1S/C20H31ClN4O3/c1-20(2,3)17(26)19(28)25(18(27)16-12-24(4)8-7-23-16)11-14-9-15(21)6-5-13(14)10-22/h5-6,9,16-17,23,26H,7-8,10-12,22H2,1-4H3/t16-,17-/m0/s1. The number of rotatable bonds is 5. The molecule has 28 heavy (non-hydrogen) atoms. The SMILES string of the molecule is CN1CCN[C@H](C(=O)N(Cc2cc(Cl)ccc2CN)C(=O)[C@H](O)C(C)(C)C)C1. The monoisotopic (exact) mass is 410 g/mol. The van der Waals surface area contributed by atoms with Crippen molar-refractivity contribution in [3.05, 3.63) is 34.3 Å². The Kier molecular flexibility index (Phi) is 7.59. The molecule has 2 rings (SSSR count). The Morgan fingerprint density at radius 1 is 1.39 bits per heavy atom. The molecule has 156 valence electrons. The number of carbonyl (C=O) groups is 2. The van der Waals surface area contributed by atoms with Crippen LogP contribution in [0.1, 0.15) is 31.9 Å². The maximum Gasteiger partial charge on any atom is 0.258 e. The zero-order valence-corrected chi connectivity index (χ0v) is 17.8. The second-order valence-electron chi connectivity index (χ2n) is 8.42. The molecule has 0 aliphatic carbocycles. The van der Waals surface area contributed by atoms with Crippen LogP contribution in [0.2, 0.25) is 5.02 Å². The smallest absolute Gasteiger partial charge is 0.258 e. The quantitative estimate of drug-likeness (QED) is 0.668. The van der Waals surface area contributed by atoms with Crippen LogP contribution >= 0.6 is 11.6 Å². The summed E-state index contributed by atoms with van der Waals surface area (Å²) in [6.45, 7) is 7.53. The summed E-state index contributed by atoms with van der Waals surface area (Å²) in [5, 5.41) is 14.2. The van der Waals surface area contributed by atoms with Gasteiger partial charge < -0.3 is 21.1 Å². The number of piperazine rings is 1. The number of aliphatic hydroxyl groups is 1. The number of hydrogen-bond donors (Lipinski definition) is 3. The molecule has 0 aromatic heterocycles. The first-order valence-corrected chi connectivity index (χ1v) is 9.85. The number of nitrogens with two attached hydrogens (primary N) is 1. The van der Waals surface area contributed by atoms with Crippen LogP contribution in [-0.2, 0) is 22.7 Å². The lowest BCUT2D eigenvalue weighted by Crippen LogP contribution is -2.59. The van der Waals surface area contributed by atoms with E-state index >= 15 is 0 Å². The first-order chi connectivity index (χ1) is 13.0. The van der Waals surface area contributed by atoms with Crippen molar-refractivity contribution in [2.45, 2.75) is 46.0 Å². The third-order valence-electron chi connectivity index (χ3n) is 4.98. The summed E-state index contributed by atoms with van der Waals surface area (Å²) in [6, 6.07) is 4.71. The van der Waals surface area contributed by atoms with Crippen molar-refractivity contribution in [1.82, 2.24) is 15.1 Å². The average Bonchev–Trinajstić information content (AvgIpc) is 2.63. The molecule has 1 saturated heterocycles. The summed E-state index contributed by atoms with van der Waals surface area (Å²) in [4.78, 5) is 29.5. The van der Waals surface area contributed by atoms with Crippen LogP contribution in [-0.4, -0.2) is 65.5 Å². The molecule has 1 aromatic carbocycles. The highest BCUT2D eigenvalue weighted by Gasteiger charge is 2.38. The molecule has 7 nitrogen and oxygen atoms in total. The Morgan fingerprint density at radius 2 is 2.07 bits per heavy atom. The number of amides is 2. The van der Waals surface area contributed by atoms with E-state index in [9.17, 15) is 14.7 Å². The molecule has 1 heterocycles. The van der Waals surface area contributed by atoms with Gasteiger partial charge in [0.1, 0.15) is 12.1 Å². The van der Waals surface area contributed by atoms with E-state index in [4.69, 9.17) is 17.3 Å². The van der Waals surface area contributed by atoms with Crippen molar-refractivity contribution in [1.29, 1.82) is 0 Å². The van der Waals surface area contributed by atoms with Gasteiger partial charge in [0.05, 0.1) is 6.54 Å². The van der Waals surface area contributed by atoms with Crippen LogP contribution in [0.4, 0.5) is 0 Å². The van der Waals surface area contributed by atoms with Crippen LogP contribution in [0, 0.1) is 5.41 Å². The predicted octanol–water partition coefficient (Wildman–Crippen LogP) is 0.965. The molecule has 0 radical (unpaired) electrons. The molecule has 8 heteroatoms. The number of nitrogens with zero attached hydrogens (tertiary/aromatic N) is 2. The predicted molar refractivity (Wildman–Crippen MR) is 110 cm³/mol. The molecule has 0 unspecified atom stereocenters. The summed E-state index contributed by atoms with van der Waals surface area (Å²) in [6.07, 6.45) is -1.31. The number of halogens is 1. The van der Waals surface area contributed by atoms with Crippen LogP contribution in [0.15, 0.2) is 18.2 Å². The number of carbonyl (C=O) groups excluding carboxylic acids is 2. The van der Waals surface area contributed by atoms with Crippen molar-refractivity contribution in [3.63, 3.8) is 0 Å². The fraction of sp³-hybridized carbons (Fsp3) is 0.600. The first-order valence-electron chi connectivity index (χ1n) is 9.47. The molecule has 1 aliphatic rings. The maximum absolute atomic E-state index is 13.2. The molecule has 0 saturated carbocycles. The Balaban J connectivity index is 2.37. The summed E-state index contributed by atoms with van der Waals surface area (Å²) < 4.78 is 0. The summed E-state index contributed by atoms with van der Waals surface area (Å²) >= 11 is 6.12. The summed E-state index contributed by atoms with van der Waals surface area (Å²) in [5.41, 5.74) is 6.62. The Bertz CT molecular complexity index is 720. The molecule has 0 spiro atoms. The van der Waals surface area contributed by atoms with Gasteiger partial charge in [-0.2, -0.15) is 0 Å². The molecular weight excluding hydrogens is 380 g/mol. The van der Waals surface area contributed by atoms with Gasteiger partial charge in [0.25, 0.3) is 5.91 Å². The van der Waals surface area contributed by atoms with Gasteiger partial charge in [0, 0.05) is 31.2 Å². The van der Waals surface area contributed by atoms with Crippen molar-refractivity contribution in [2.24, 2.45) is 11.1 Å². The molecule has 0 bridgehead atoms. The third kappa shape index (κ3) is 5.52. The summed E-state index contributed by atoms with van der Waals surface area (Å²) in [7, 11) is 1.93. The molecule has 1 fully saturated rings. The van der Waals surface area contributed by atoms with Gasteiger partial charge in [-0.05, 0) is 35.7 Å². The Morgan fingerprint density at radius 3 is 2.64 bits per heavy atom. The number of nitrogens with one attached hydrogen (secondary N) is 1. The van der Waals surface area contributed by atoms with E-state index < -0.39 is 23.5 Å². The third-order valence-corrected chi connectivity index (χ3v) is 5.21. The van der Waals surface area contributed by atoms with E-state index in [2.05, 4.69) is 5.32 Å². The van der Waals surface area contributed by atoms with E-state index in [0.29, 0.717) is 23.7 Å². The number of likely N-dealkylation sites (N-methyl/N-ethyl adjacent to an activating group) is 1. The van der Waals surface area contributed by atoms with E-state index in [-0.39, 0.29) is 19.0 Å². The number of benzene rings is 1. The van der Waals surface area contributed by atoms with E-state index in [1.54, 1.807) is 39.0 Å². The largest absolute Gasteiger partial charge is 0.383 e. The van der Waals surface area contributed by atoms with Gasteiger partial charge in [-0.1, -0.05) is 38.4 Å². The number of aliphatic hydroxyl groups excluding tert-OH is 1. The highest BCUT2D eigenvalue weighted by molar-refractivity contribution is 6.30. The molecule has 2 amide bonds. The minimum Gasteiger partial charge on any atom is -0.383 e. The fourth-order valence-corrected chi connectivity index (χ4v) is 3.34. The van der Waals surface area contributed by atoms with E-state index in [1.807, 2.05) is 11.9 Å². The molecule has 2 atom stereocenters. The van der Waals surface area contributed by atoms with Gasteiger partial charge in [0.15, 0.2) is 0 Å². The van der Waals surface area contributed by atoms with Crippen molar-refractivity contribution in [2.75, 3.05) is 26.7 Å². The number of hydrogen-bond acceptors (Lipinski definition) is 6. The number of imide groups is 1. The Hall–Kier alpha value is -1.51. The minimum absolute atomic E-state index is 0.0137. The summed E-state index contributed by atoms with van der Waals surface area (Å²) in [5.74, 6) is -0.974. The van der Waals surface area contributed by atoms with Gasteiger partial charge in [-0.15, -0.1) is 0 Å². The van der Waals surface area contributed by atoms with E-state index in [0.717, 1.165) is 17.0 Å². The van der Waals surface area contributed by atoms with Crippen molar-refractivity contribution in [3.8, 4) is 0 Å². The molecule has 1 aliphatic heterocycles. The second-order valence-corrected chi connectivity index (χ2v) is 8.85. The van der Waals surface area contributed by atoms with Crippen molar-refractivity contribution < 1.29 is 14.7 Å². The maximum atomic E-state index is 13.2. The van der Waals surface area contributed by atoms with E-state index in [1.165, 1.54) is 0 Å². The van der Waals surface area contributed by atoms with Crippen LogP contribution in [0.3, 0.4) is 0 Å². The molecular formula is C20H31ClN4O3. The lowest BCUT2D eigenvalue weighted by molar-refractivity contribution is -0.156. The van der Waals surface area contributed by atoms with Crippen LogP contribution < -0.4 is 11.1 Å². The second kappa shape index (κ2) is 9.33. The lowest BCUT2D eigenvalue weighted by atomic mass is 9.88. The average molecular weight is 411 g/mol. The molecule has 4 N–H and O–H groups in total. The van der Waals surface area contributed by atoms with Gasteiger partial charge >= 0.3 is 0 Å². The lowest BCUT2D eigenvalue weighted by Gasteiger charge is -2.35. The van der Waals surface area contributed by atoms with Crippen LogP contribution in [0.25, 0.3) is 0 Å². The Labute approximate surface area is 171 Å². The van der Waals surface area contributed by atoms with Gasteiger partial charge in [-0.25, -0.2) is 0 Å². The highest BCUT2D eigenvalue weighted by Crippen LogP contribution is 2.24. The molecule has 1 aromatic rings.